The molecule has 0 aliphatic carbocycles. The average molecular weight is 271 g/mol. The van der Waals surface area contributed by atoms with Crippen molar-refractivity contribution in [2.24, 2.45) is 0 Å². The highest BCUT2D eigenvalue weighted by molar-refractivity contribution is 7.90. The Hall–Kier alpha value is -1.11. The van der Waals surface area contributed by atoms with E-state index in [0.29, 0.717) is 5.69 Å². The lowest BCUT2D eigenvalue weighted by atomic mass is 10.1. The molecule has 5 nitrogen and oxygen atoms in total. The summed E-state index contributed by atoms with van der Waals surface area (Å²) >= 11 is 0. The highest BCUT2D eigenvalue weighted by Gasteiger charge is 2.11. The highest BCUT2D eigenvalue weighted by atomic mass is 32.2. The smallest absolute Gasteiger partial charge is 0.299 e. The van der Waals surface area contributed by atoms with Gasteiger partial charge in [0.1, 0.15) is 0 Å². The van der Waals surface area contributed by atoms with Gasteiger partial charge in [-0.25, -0.2) is 0 Å². The summed E-state index contributed by atoms with van der Waals surface area (Å²) in [6.45, 7) is 5.59. The Labute approximate surface area is 109 Å². The third kappa shape index (κ3) is 4.64. The number of anilines is 1. The summed E-state index contributed by atoms with van der Waals surface area (Å²) in [7, 11) is -1.61. The summed E-state index contributed by atoms with van der Waals surface area (Å²) in [4.78, 5) is 0. The highest BCUT2D eigenvalue weighted by Crippen LogP contribution is 2.16. The molecule has 1 rings (SSSR count). The quantitative estimate of drug-likeness (QED) is 0.736. The van der Waals surface area contributed by atoms with Gasteiger partial charge in [0.2, 0.25) is 0 Å². The Morgan fingerprint density at radius 2 is 1.61 bits per heavy atom. The minimum atomic E-state index is -3.49. The predicted molar refractivity (Wildman–Crippen MR) is 74.7 cm³/mol. The number of hydrogen-bond acceptors (Lipinski definition) is 3. The molecule has 0 amide bonds. The van der Waals surface area contributed by atoms with Gasteiger partial charge in [0.25, 0.3) is 10.2 Å². The van der Waals surface area contributed by atoms with Gasteiger partial charge in [-0.15, -0.1) is 0 Å². The Bertz CT molecular complexity index is 469. The Balaban J connectivity index is 2.75. The van der Waals surface area contributed by atoms with Crippen LogP contribution in [0.5, 0.6) is 0 Å². The molecule has 0 aliphatic heterocycles. The van der Waals surface area contributed by atoms with Gasteiger partial charge in [-0.3, -0.25) is 4.72 Å². The van der Waals surface area contributed by atoms with Gasteiger partial charge in [0, 0.05) is 17.8 Å². The lowest BCUT2D eigenvalue weighted by molar-refractivity contribution is 0.575. The molecule has 0 radical (unpaired) electrons. The fourth-order valence-corrected chi connectivity index (χ4v) is 2.63. The molecule has 1 aromatic rings. The second kappa shape index (κ2) is 6.17. The molecular formula is C12H21N3O2S. The van der Waals surface area contributed by atoms with Crippen molar-refractivity contribution in [2.45, 2.75) is 32.9 Å². The van der Waals surface area contributed by atoms with Gasteiger partial charge in [-0.05, 0) is 45.5 Å². The van der Waals surface area contributed by atoms with E-state index < -0.39 is 10.2 Å². The lowest BCUT2D eigenvalue weighted by Gasteiger charge is -2.13. The molecule has 0 saturated heterocycles. The van der Waals surface area contributed by atoms with Crippen LogP contribution in [0.25, 0.3) is 0 Å². The maximum absolute atomic E-state index is 11.7. The van der Waals surface area contributed by atoms with E-state index >= 15 is 0 Å². The van der Waals surface area contributed by atoms with E-state index in [-0.39, 0.29) is 12.1 Å². The minimum Gasteiger partial charge on any atom is -0.313 e. The maximum Gasteiger partial charge on any atom is 0.299 e. The first kappa shape index (κ1) is 14.9. The Kier molecular flexibility index (Phi) is 5.13. The number of hydrogen-bond donors (Lipinski definition) is 3. The van der Waals surface area contributed by atoms with Crippen LogP contribution in [0.2, 0.25) is 0 Å². The molecule has 0 heterocycles. The van der Waals surface area contributed by atoms with Crippen LogP contribution in [0.4, 0.5) is 5.69 Å². The maximum atomic E-state index is 11.7. The van der Waals surface area contributed by atoms with Crippen molar-refractivity contribution in [3.05, 3.63) is 29.8 Å². The largest absolute Gasteiger partial charge is 0.313 e. The second-order valence-electron chi connectivity index (χ2n) is 4.51. The minimum absolute atomic E-state index is 0.133. The first-order valence-corrected chi connectivity index (χ1v) is 7.39. The van der Waals surface area contributed by atoms with Gasteiger partial charge in [0.15, 0.2) is 0 Å². The van der Waals surface area contributed by atoms with E-state index in [1.807, 2.05) is 26.1 Å². The van der Waals surface area contributed by atoms with E-state index in [1.165, 1.54) is 0 Å². The van der Waals surface area contributed by atoms with Gasteiger partial charge >= 0.3 is 0 Å². The van der Waals surface area contributed by atoms with Crippen molar-refractivity contribution in [1.29, 1.82) is 0 Å². The normalized spacial score (nSPS) is 13.6. The van der Waals surface area contributed by atoms with Crippen LogP contribution in [0, 0.1) is 0 Å². The van der Waals surface area contributed by atoms with E-state index in [4.69, 9.17) is 0 Å². The molecule has 0 bridgehead atoms. The molecular weight excluding hydrogens is 250 g/mol. The van der Waals surface area contributed by atoms with Crippen LogP contribution in [0.3, 0.4) is 0 Å². The summed E-state index contributed by atoms with van der Waals surface area (Å²) in [6.07, 6.45) is 0. The zero-order valence-electron chi connectivity index (χ0n) is 11.2. The lowest BCUT2D eigenvalue weighted by Crippen LogP contribution is -2.35. The first-order valence-electron chi connectivity index (χ1n) is 5.91. The van der Waals surface area contributed by atoms with E-state index in [2.05, 4.69) is 14.8 Å². The van der Waals surface area contributed by atoms with Crippen molar-refractivity contribution >= 4 is 15.9 Å². The predicted octanol–water partition coefficient (Wildman–Crippen LogP) is 1.62. The molecule has 1 atom stereocenters. The Morgan fingerprint density at radius 1 is 1.06 bits per heavy atom. The molecule has 1 aromatic carbocycles. The fourth-order valence-electron chi connectivity index (χ4n) is 1.50. The Morgan fingerprint density at radius 3 is 2.06 bits per heavy atom. The first-order chi connectivity index (χ1) is 8.34. The molecule has 1 unspecified atom stereocenters. The van der Waals surface area contributed by atoms with Crippen molar-refractivity contribution in [1.82, 2.24) is 10.0 Å². The van der Waals surface area contributed by atoms with Crippen molar-refractivity contribution < 1.29 is 8.42 Å². The van der Waals surface area contributed by atoms with Crippen molar-refractivity contribution in [3.8, 4) is 0 Å². The molecule has 3 N–H and O–H groups in total. The number of rotatable bonds is 6. The summed E-state index contributed by atoms with van der Waals surface area (Å²) in [5, 5.41) is 3.12. The third-order valence-corrected chi connectivity index (χ3v) is 3.77. The number of benzene rings is 1. The van der Waals surface area contributed by atoms with E-state index in [1.54, 1.807) is 26.0 Å². The molecule has 6 heteroatoms. The summed E-state index contributed by atoms with van der Waals surface area (Å²) in [6, 6.07) is 7.41. The van der Waals surface area contributed by atoms with Crippen LogP contribution >= 0.6 is 0 Å². The zero-order chi connectivity index (χ0) is 13.8. The molecule has 18 heavy (non-hydrogen) atoms. The monoisotopic (exact) mass is 271 g/mol. The second-order valence-corrected chi connectivity index (χ2v) is 5.96. The fraction of sp³-hybridized carbons (Fsp3) is 0.500. The molecule has 0 saturated carbocycles. The van der Waals surface area contributed by atoms with E-state index in [0.717, 1.165) is 5.56 Å². The van der Waals surface area contributed by atoms with Crippen LogP contribution in [-0.4, -0.2) is 21.5 Å². The molecule has 0 aliphatic rings. The standard InChI is InChI=1S/C12H21N3O2S/c1-9(2)14-18(16,17)15-12-7-5-11(6-8-12)10(3)13-4/h5-10,13-15H,1-4H3. The summed E-state index contributed by atoms with van der Waals surface area (Å²) < 4.78 is 28.2. The SMILES string of the molecule is CNC(C)c1ccc(NS(=O)(=O)NC(C)C)cc1. The molecule has 102 valence electrons. The number of nitrogens with one attached hydrogen (secondary N) is 3. The van der Waals surface area contributed by atoms with Crippen LogP contribution in [0.1, 0.15) is 32.4 Å². The van der Waals surface area contributed by atoms with Gasteiger partial charge < -0.3 is 5.32 Å². The van der Waals surface area contributed by atoms with Crippen molar-refractivity contribution in [3.63, 3.8) is 0 Å². The molecule has 0 aromatic heterocycles. The molecule has 0 fully saturated rings. The van der Waals surface area contributed by atoms with Crippen LogP contribution < -0.4 is 14.8 Å². The van der Waals surface area contributed by atoms with Crippen LogP contribution in [0.15, 0.2) is 24.3 Å². The molecule has 0 spiro atoms. The van der Waals surface area contributed by atoms with Crippen molar-refractivity contribution in [2.75, 3.05) is 11.8 Å². The van der Waals surface area contributed by atoms with Gasteiger partial charge in [-0.1, -0.05) is 12.1 Å². The zero-order valence-corrected chi connectivity index (χ0v) is 12.0. The van der Waals surface area contributed by atoms with Gasteiger partial charge in [-0.2, -0.15) is 13.1 Å². The van der Waals surface area contributed by atoms with Crippen LogP contribution in [-0.2, 0) is 10.2 Å². The summed E-state index contributed by atoms with van der Waals surface area (Å²) in [5.41, 5.74) is 1.66. The van der Waals surface area contributed by atoms with Gasteiger partial charge in [0.05, 0.1) is 0 Å². The average Bonchev–Trinajstić information content (AvgIpc) is 2.26. The summed E-state index contributed by atoms with van der Waals surface area (Å²) in [5.74, 6) is 0. The topological polar surface area (TPSA) is 70.2 Å². The van der Waals surface area contributed by atoms with E-state index in [9.17, 15) is 8.42 Å². The third-order valence-electron chi connectivity index (χ3n) is 2.49.